The molecular weight excluding hydrogens is 443 g/mol. The Morgan fingerprint density at radius 3 is 2.03 bits per heavy atom. The van der Waals surface area contributed by atoms with E-state index in [1.165, 1.54) is 6.92 Å². The predicted octanol–water partition coefficient (Wildman–Crippen LogP) is 6.25. The highest BCUT2D eigenvalue weighted by atomic mass is 35.5. The lowest BCUT2D eigenvalue weighted by Crippen LogP contribution is -2.21. The SMILES string of the molecule is CC(=O)NCc1cccn1-c1c(Cl)c(CO)c(Cl)c(-c2ccccc2)c1-c1ccccc1. The number of aromatic nitrogens is 1. The number of halogens is 2. The number of benzene rings is 3. The molecular formula is C26H22Cl2N2O2. The zero-order valence-corrected chi connectivity index (χ0v) is 19.0. The highest BCUT2D eigenvalue weighted by molar-refractivity contribution is 6.40. The maximum Gasteiger partial charge on any atom is 0.217 e. The first kappa shape index (κ1) is 22.2. The van der Waals surface area contributed by atoms with Crippen molar-refractivity contribution in [3.63, 3.8) is 0 Å². The van der Waals surface area contributed by atoms with Crippen molar-refractivity contribution >= 4 is 29.1 Å². The summed E-state index contributed by atoms with van der Waals surface area (Å²) in [5.41, 5.74) is 5.51. The van der Waals surface area contributed by atoms with Crippen LogP contribution in [-0.4, -0.2) is 15.6 Å². The van der Waals surface area contributed by atoms with Gasteiger partial charge < -0.3 is 15.0 Å². The van der Waals surface area contributed by atoms with Gasteiger partial charge in [-0.15, -0.1) is 0 Å². The van der Waals surface area contributed by atoms with Crippen molar-refractivity contribution in [1.29, 1.82) is 0 Å². The van der Waals surface area contributed by atoms with Gasteiger partial charge in [-0.2, -0.15) is 0 Å². The first-order valence-electron chi connectivity index (χ1n) is 10.2. The lowest BCUT2D eigenvalue weighted by Gasteiger charge is -2.24. The molecule has 32 heavy (non-hydrogen) atoms. The van der Waals surface area contributed by atoms with Gasteiger partial charge in [-0.3, -0.25) is 4.79 Å². The molecule has 1 amide bonds. The standard InChI is InChI=1S/C26H22Cl2N2O2/c1-17(32)29-15-20-13-8-14-30(20)26-23(19-11-6-3-7-12-19)22(18-9-4-2-5-10-18)24(27)21(16-31)25(26)28/h2-14,31H,15-16H2,1H3,(H,29,32). The van der Waals surface area contributed by atoms with E-state index in [0.29, 0.717) is 27.8 Å². The van der Waals surface area contributed by atoms with Crippen molar-refractivity contribution in [2.24, 2.45) is 0 Å². The minimum Gasteiger partial charge on any atom is -0.392 e. The van der Waals surface area contributed by atoms with Crippen molar-refractivity contribution in [3.05, 3.63) is 100 Å². The van der Waals surface area contributed by atoms with Crippen LogP contribution in [0.4, 0.5) is 0 Å². The van der Waals surface area contributed by atoms with Crippen LogP contribution in [0.3, 0.4) is 0 Å². The van der Waals surface area contributed by atoms with E-state index in [4.69, 9.17) is 23.2 Å². The maximum atomic E-state index is 11.5. The van der Waals surface area contributed by atoms with Crippen molar-refractivity contribution < 1.29 is 9.90 Å². The Kier molecular flexibility index (Phi) is 6.66. The van der Waals surface area contributed by atoms with Crippen LogP contribution in [0, 0.1) is 0 Å². The van der Waals surface area contributed by atoms with E-state index in [2.05, 4.69) is 5.32 Å². The third-order valence-corrected chi connectivity index (χ3v) is 6.14. The van der Waals surface area contributed by atoms with Gasteiger partial charge in [0.2, 0.25) is 5.91 Å². The van der Waals surface area contributed by atoms with E-state index in [1.807, 2.05) is 83.6 Å². The number of nitrogens with zero attached hydrogens (tertiary/aromatic N) is 1. The van der Waals surface area contributed by atoms with Crippen LogP contribution in [-0.2, 0) is 17.9 Å². The van der Waals surface area contributed by atoms with Crippen molar-refractivity contribution in [2.45, 2.75) is 20.1 Å². The topological polar surface area (TPSA) is 54.3 Å². The molecule has 162 valence electrons. The quantitative estimate of drug-likeness (QED) is 0.354. The summed E-state index contributed by atoms with van der Waals surface area (Å²) < 4.78 is 1.95. The van der Waals surface area contributed by atoms with E-state index in [9.17, 15) is 9.90 Å². The molecule has 4 rings (SSSR count). The number of amides is 1. The molecule has 0 aliphatic rings. The Bertz CT molecular complexity index is 1250. The molecule has 6 heteroatoms. The smallest absolute Gasteiger partial charge is 0.217 e. The normalized spacial score (nSPS) is 10.9. The number of carbonyl (C=O) groups is 1. The lowest BCUT2D eigenvalue weighted by molar-refractivity contribution is -0.119. The van der Waals surface area contributed by atoms with Gasteiger partial charge in [-0.05, 0) is 23.3 Å². The number of hydrogen-bond donors (Lipinski definition) is 2. The molecule has 3 aromatic carbocycles. The van der Waals surface area contributed by atoms with E-state index in [0.717, 1.165) is 27.9 Å². The van der Waals surface area contributed by atoms with E-state index in [1.54, 1.807) is 0 Å². The Labute approximate surface area is 197 Å². The van der Waals surface area contributed by atoms with Crippen molar-refractivity contribution in [3.8, 4) is 27.9 Å². The fourth-order valence-electron chi connectivity index (χ4n) is 3.85. The third kappa shape index (κ3) is 4.17. The summed E-state index contributed by atoms with van der Waals surface area (Å²) in [6.07, 6.45) is 1.90. The van der Waals surface area contributed by atoms with Gasteiger partial charge in [0.25, 0.3) is 0 Å². The van der Waals surface area contributed by atoms with Gasteiger partial charge in [0.15, 0.2) is 0 Å². The molecule has 0 fully saturated rings. The first-order chi connectivity index (χ1) is 15.5. The molecule has 4 aromatic rings. The summed E-state index contributed by atoms with van der Waals surface area (Å²) in [4.78, 5) is 11.5. The largest absolute Gasteiger partial charge is 0.392 e. The summed E-state index contributed by atoms with van der Waals surface area (Å²) in [6.45, 7) is 1.52. The minimum absolute atomic E-state index is 0.121. The second-order valence-electron chi connectivity index (χ2n) is 7.37. The van der Waals surface area contributed by atoms with Crippen LogP contribution < -0.4 is 5.32 Å². The Hall–Kier alpha value is -3.05. The highest BCUT2D eigenvalue weighted by Crippen LogP contribution is 2.48. The van der Waals surface area contributed by atoms with Crippen LogP contribution >= 0.6 is 23.2 Å². The number of rotatable bonds is 6. The lowest BCUT2D eigenvalue weighted by atomic mass is 9.90. The molecule has 0 aliphatic carbocycles. The van der Waals surface area contributed by atoms with Crippen LogP contribution in [0.15, 0.2) is 79.0 Å². The second-order valence-corrected chi connectivity index (χ2v) is 8.13. The molecule has 0 spiro atoms. The molecule has 0 aliphatic heterocycles. The molecule has 0 saturated heterocycles. The zero-order chi connectivity index (χ0) is 22.7. The molecule has 0 radical (unpaired) electrons. The number of nitrogens with one attached hydrogen (secondary N) is 1. The monoisotopic (exact) mass is 464 g/mol. The molecule has 1 heterocycles. The molecule has 0 bridgehead atoms. The zero-order valence-electron chi connectivity index (χ0n) is 17.5. The second kappa shape index (κ2) is 9.61. The molecule has 2 N–H and O–H groups in total. The predicted molar refractivity (Wildman–Crippen MR) is 130 cm³/mol. The first-order valence-corrected chi connectivity index (χ1v) is 10.9. The number of carbonyl (C=O) groups excluding carboxylic acids is 1. The van der Waals surface area contributed by atoms with Crippen LogP contribution in [0.1, 0.15) is 18.2 Å². The van der Waals surface area contributed by atoms with Gasteiger partial charge in [-0.1, -0.05) is 83.9 Å². The van der Waals surface area contributed by atoms with Crippen LogP contribution in [0.5, 0.6) is 0 Å². The Balaban J connectivity index is 2.11. The van der Waals surface area contributed by atoms with E-state index < -0.39 is 0 Å². The maximum absolute atomic E-state index is 11.5. The molecule has 1 aromatic heterocycles. The Morgan fingerprint density at radius 2 is 1.47 bits per heavy atom. The van der Waals surface area contributed by atoms with Gasteiger partial charge in [0.05, 0.1) is 28.9 Å². The summed E-state index contributed by atoms with van der Waals surface area (Å²) in [5, 5.41) is 13.8. The number of aliphatic hydroxyl groups excluding tert-OH is 1. The molecule has 4 nitrogen and oxygen atoms in total. The van der Waals surface area contributed by atoms with Crippen molar-refractivity contribution in [2.75, 3.05) is 0 Å². The number of aliphatic hydroxyl groups is 1. The third-order valence-electron chi connectivity index (χ3n) is 5.32. The van der Waals surface area contributed by atoms with Crippen LogP contribution in [0.25, 0.3) is 27.9 Å². The van der Waals surface area contributed by atoms with Gasteiger partial charge >= 0.3 is 0 Å². The van der Waals surface area contributed by atoms with E-state index >= 15 is 0 Å². The molecule has 0 atom stereocenters. The molecule has 0 unspecified atom stereocenters. The minimum atomic E-state index is -0.304. The molecule has 0 saturated carbocycles. The van der Waals surface area contributed by atoms with E-state index in [-0.39, 0.29) is 12.5 Å². The number of hydrogen-bond acceptors (Lipinski definition) is 2. The van der Waals surface area contributed by atoms with Gasteiger partial charge in [0.1, 0.15) is 0 Å². The summed E-state index contributed by atoms with van der Waals surface area (Å²) in [6, 6.07) is 23.5. The Morgan fingerprint density at radius 1 is 0.875 bits per heavy atom. The van der Waals surface area contributed by atoms with Gasteiger partial charge in [0, 0.05) is 35.5 Å². The highest BCUT2D eigenvalue weighted by Gasteiger charge is 2.25. The fourth-order valence-corrected chi connectivity index (χ4v) is 4.59. The summed E-state index contributed by atoms with van der Waals surface area (Å²) >= 11 is 13.8. The average Bonchev–Trinajstić information content (AvgIpc) is 3.27. The van der Waals surface area contributed by atoms with Crippen LogP contribution in [0.2, 0.25) is 10.0 Å². The summed E-state index contributed by atoms with van der Waals surface area (Å²) in [5.74, 6) is -0.121. The summed E-state index contributed by atoms with van der Waals surface area (Å²) in [7, 11) is 0. The fraction of sp³-hybridized carbons (Fsp3) is 0.115. The van der Waals surface area contributed by atoms with Gasteiger partial charge in [-0.25, -0.2) is 0 Å². The van der Waals surface area contributed by atoms with Crippen molar-refractivity contribution in [1.82, 2.24) is 9.88 Å². The average molecular weight is 465 g/mol.